The number of Topliss-reactive ketones (excluding diaryl/α,β-unsaturated/α-hetero) is 1. The Morgan fingerprint density at radius 3 is 2.71 bits per heavy atom. The number of ketones is 1. The minimum Gasteiger partial charge on any atom is -0.384 e. The van der Waals surface area contributed by atoms with Crippen molar-refractivity contribution in [2.24, 2.45) is 0 Å². The summed E-state index contributed by atoms with van der Waals surface area (Å²) in [6, 6.07) is 6.08. The summed E-state index contributed by atoms with van der Waals surface area (Å²) >= 11 is 6.00. The quantitative estimate of drug-likeness (QED) is 0.584. The van der Waals surface area contributed by atoms with Crippen molar-refractivity contribution in [2.75, 3.05) is 18.4 Å². The Labute approximate surface area is 132 Å². The molecule has 0 saturated heterocycles. The van der Waals surface area contributed by atoms with Crippen LogP contribution in [-0.2, 0) is 0 Å². The Balaban J connectivity index is 1.73. The standard InChI is InChI=1S/C17H25ClN2O/c1-13(21)16-9-8-14(18)12-17(16)20-11-5-10-19-15-6-3-2-4-7-15/h8-9,12,15,19-20H,2-7,10-11H2,1H3. The van der Waals surface area contributed by atoms with Crippen LogP contribution in [0.15, 0.2) is 18.2 Å². The summed E-state index contributed by atoms with van der Waals surface area (Å²) in [6.45, 7) is 3.45. The molecule has 0 aliphatic heterocycles. The zero-order chi connectivity index (χ0) is 15.1. The van der Waals surface area contributed by atoms with E-state index in [1.54, 1.807) is 19.1 Å². The Bertz CT molecular complexity index is 470. The molecule has 0 radical (unpaired) electrons. The van der Waals surface area contributed by atoms with E-state index in [1.165, 1.54) is 32.1 Å². The van der Waals surface area contributed by atoms with E-state index in [0.717, 1.165) is 25.2 Å². The van der Waals surface area contributed by atoms with E-state index in [4.69, 9.17) is 11.6 Å². The van der Waals surface area contributed by atoms with Crippen molar-refractivity contribution in [1.29, 1.82) is 0 Å². The number of carbonyl (C=O) groups excluding carboxylic acids is 1. The fourth-order valence-corrected chi connectivity index (χ4v) is 3.07. The van der Waals surface area contributed by atoms with Gasteiger partial charge in [0.1, 0.15) is 0 Å². The Kier molecular flexibility index (Phi) is 6.52. The van der Waals surface area contributed by atoms with Crippen LogP contribution in [0.1, 0.15) is 55.8 Å². The molecule has 3 nitrogen and oxygen atoms in total. The second-order valence-electron chi connectivity index (χ2n) is 5.82. The lowest BCUT2D eigenvalue weighted by molar-refractivity contribution is 0.101. The number of rotatable bonds is 7. The molecule has 0 amide bonds. The number of halogens is 1. The fraction of sp³-hybridized carbons (Fsp3) is 0.588. The highest BCUT2D eigenvalue weighted by atomic mass is 35.5. The lowest BCUT2D eigenvalue weighted by atomic mass is 9.95. The van der Waals surface area contributed by atoms with Crippen LogP contribution in [0.3, 0.4) is 0 Å². The van der Waals surface area contributed by atoms with Crippen molar-refractivity contribution in [3.05, 3.63) is 28.8 Å². The van der Waals surface area contributed by atoms with E-state index in [2.05, 4.69) is 10.6 Å². The summed E-state index contributed by atoms with van der Waals surface area (Å²) in [4.78, 5) is 11.6. The predicted octanol–water partition coefficient (Wildman–Crippen LogP) is 4.27. The third-order valence-corrected chi connectivity index (χ3v) is 4.30. The van der Waals surface area contributed by atoms with E-state index in [9.17, 15) is 4.79 Å². The van der Waals surface area contributed by atoms with Crippen LogP contribution in [0.25, 0.3) is 0 Å². The average Bonchev–Trinajstić information content (AvgIpc) is 2.48. The first-order valence-electron chi connectivity index (χ1n) is 7.94. The van der Waals surface area contributed by atoms with Crippen molar-refractivity contribution in [3.63, 3.8) is 0 Å². The number of hydrogen-bond acceptors (Lipinski definition) is 3. The third kappa shape index (κ3) is 5.33. The monoisotopic (exact) mass is 308 g/mol. The molecule has 116 valence electrons. The van der Waals surface area contributed by atoms with Crippen LogP contribution in [0, 0.1) is 0 Å². The van der Waals surface area contributed by atoms with E-state index in [1.807, 2.05) is 6.07 Å². The van der Waals surface area contributed by atoms with Crippen LogP contribution in [-0.4, -0.2) is 24.9 Å². The lowest BCUT2D eigenvalue weighted by Gasteiger charge is -2.22. The number of anilines is 1. The molecule has 1 saturated carbocycles. The molecule has 0 aromatic heterocycles. The van der Waals surface area contributed by atoms with Crippen LogP contribution in [0.4, 0.5) is 5.69 Å². The zero-order valence-electron chi connectivity index (χ0n) is 12.8. The molecule has 2 N–H and O–H groups in total. The normalized spacial score (nSPS) is 15.9. The smallest absolute Gasteiger partial charge is 0.161 e. The van der Waals surface area contributed by atoms with Crippen molar-refractivity contribution in [1.82, 2.24) is 5.32 Å². The molecule has 4 heteroatoms. The zero-order valence-corrected chi connectivity index (χ0v) is 13.5. The van der Waals surface area contributed by atoms with Gasteiger partial charge in [0.2, 0.25) is 0 Å². The lowest BCUT2D eigenvalue weighted by Crippen LogP contribution is -2.32. The second kappa shape index (κ2) is 8.40. The van der Waals surface area contributed by atoms with Crippen molar-refractivity contribution in [2.45, 2.75) is 51.5 Å². The van der Waals surface area contributed by atoms with E-state index in [-0.39, 0.29) is 5.78 Å². The number of benzene rings is 1. The molecule has 1 aliphatic carbocycles. The first-order chi connectivity index (χ1) is 10.2. The maximum atomic E-state index is 11.6. The number of nitrogens with one attached hydrogen (secondary N) is 2. The topological polar surface area (TPSA) is 41.1 Å². The van der Waals surface area contributed by atoms with Gasteiger partial charge in [0, 0.05) is 28.9 Å². The van der Waals surface area contributed by atoms with Gasteiger partial charge in [0.05, 0.1) is 0 Å². The summed E-state index contributed by atoms with van der Waals surface area (Å²) in [6.07, 6.45) is 7.79. The summed E-state index contributed by atoms with van der Waals surface area (Å²) in [7, 11) is 0. The molecule has 0 heterocycles. The van der Waals surface area contributed by atoms with Gasteiger partial charge in [-0.1, -0.05) is 30.9 Å². The minimum absolute atomic E-state index is 0.0643. The fourth-order valence-electron chi connectivity index (χ4n) is 2.89. The Morgan fingerprint density at radius 2 is 2.00 bits per heavy atom. The van der Waals surface area contributed by atoms with Crippen LogP contribution in [0.2, 0.25) is 5.02 Å². The average molecular weight is 309 g/mol. The van der Waals surface area contributed by atoms with Gasteiger partial charge in [-0.2, -0.15) is 0 Å². The first kappa shape index (κ1) is 16.3. The molecule has 1 fully saturated rings. The largest absolute Gasteiger partial charge is 0.384 e. The summed E-state index contributed by atoms with van der Waals surface area (Å²) < 4.78 is 0. The first-order valence-corrected chi connectivity index (χ1v) is 8.32. The Morgan fingerprint density at radius 1 is 1.24 bits per heavy atom. The second-order valence-corrected chi connectivity index (χ2v) is 6.25. The molecule has 0 unspecified atom stereocenters. The van der Waals surface area contributed by atoms with E-state index in [0.29, 0.717) is 16.6 Å². The van der Waals surface area contributed by atoms with Gasteiger partial charge in [-0.25, -0.2) is 0 Å². The van der Waals surface area contributed by atoms with Gasteiger partial charge in [0.15, 0.2) is 5.78 Å². The molecule has 0 spiro atoms. The maximum absolute atomic E-state index is 11.6. The molecular formula is C17H25ClN2O. The number of hydrogen-bond donors (Lipinski definition) is 2. The summed E-state index contributed by atoms with van der Waals surface area (Å²) in [5.74, 6) is 0.0643. The van der Waals surface area contributed by atoms with Crippen molar-refractivity contribution < 1.29 is 4.79 Å². The SMILES string of the molecule is CC(=O)c1ccc(Cl)cc1NCCCNC1CCCCC1. The predicted molar refractivity (Wildman–Crippen MR) is 89.4 cm³/mol. The molecule has 0 atom stereocenters. The van der Waals surface area contributed by atoms with Gasteiger partial charge in [-0.15, -0.1) is 0 Å². The van der Waals surface area contributed by atoms with Crippen molar-refractivity contribution in [3.8, 4) is 0 Å². The molecular weight excluding hydrogens is 284 g/mol. The molecule has 21 heavy (non-hydrogen) atoms. The summed E-state index contributed by atoms with van der Waals surface area (Å²) in [5, 5.41) is 7.61. The number of carbonyl (C=O) groups is 1. The van der Waals surface area contributed by atoms with E-state index >= 15 is 0 Å². The molecule has 1 aromatic carbocycles. The highest BCUT2D eigenvalue weighted by molar-refractivity contribution is 6.31. The van der Waals surface area contributed by atoms with Gasteiger partial charge in [0.25, 0.3) is 0 Å². The minimum atomic E-state index is 0.0643. The molecule has 1 aliphatic rings. The van der Waals surface area contributed by atoms with Gasteiger partial charge in [-0.05, 0) is 50.9 Å². The molecule has 1 aromatic rings. The van der Waals surface area contributed by atoms with Crippen LogP contribution >= 0.6 is 11.6 Å². The molecule has 0 bridgehead atoms. The van der Waals surface area contributed by atoms with Crippen LogP contribution < -0.4 is 10.6 Å². The van der Waals surface area contributed by atoms with Gasteiger partial charge >= 0.3 is 0 Å². The van der Waals surface area contributed by atoms with Crippen molar-refractivity contribution >= 4 is 23.1 Å². The third-order valence-electron chi connectivity index (χ3n) is 4.07. The Hall–Kier alpha value is -1.06. The highest BCUT2D eigenvalue weighted by Crippen LogP contribution is 2.21. The van der Waals surface area contributed by atoms with Crippen LogP contribution in [0.5, 0.6) is 0 Å². The van der Waals surface area contributed by atoms with E-state index < -0.39 is 0 Å². The maximum Gasteiger partial charge on any atom is 0.161 e. The summed E-state index contributed by atoms with van der Waals surface area (Å²) in [5.41, 5.74) is 1.55. The van der Waals surface area contributed by atoms with Gasteiger partial charge < -0.3 is 10.6 Å². The molecule has 2 rings (SSSR count). The highest BCUT2D eigenvalue weighted by Gasteiger charge is 2.12. The van der Waals surface area contributed by atoms with Gasteiger partial charge in [-0.3, -0.25) is 4.79 Å².